The number of hydrogen-bond acceptors (Lipinski definition) is 5. The van der Waals surface area contributed by atoms with Crippen molar-refractivity contribution in [3.05, 3.63) is 35.4 Å². The molecular formula is C48H86N2O5. The molecule has 1 aromatic carbocycles. The first-order chi connectivity index (χ1) is 26.7. The molecule has 0 radical (unpaired) electrons. The van der Waals surface area contributed by atoms with Gasteiger partial charge in [-0.2, -0.15) is 0 Å². The molecular weight excluding hydrogens is 685 g/mol. The minimum absolute atomic E-state index is 0.0647. The van der Waals surface area contributed by atoms with Gasteiger partial charge >= 0.3 is 6.09 Å². The van der Waals surface area contributed by atoms with E-state index in [1.165, 1.54) is 141 Å². The number of carbonyl (C=O) groups excluding carboxylic acids is 2. The molecule has 55 heavy (non-hydrogen) atoms. The van der Waals surface area contributed by atoms with Gasteiger partial charge in [-0.3, -0.25) is 4.79 Å². The van der Waals surface area contributed by atoms with E-state index < -0.39 is 5.60 Å². The Balaban J connectivity index is 1.76. The van der Waals surface area contributed by atoms with E-state index >= 15 is 0 Å². The summed E-state index contributed by atoms with van der Waals surface area (Å²) in [5.74, 6) is 0.155. The Morgan fingerprint density at radius 3 is 1.62 bits per heavy atom. The van der Waals surface area contributed by atoms with Crippen molar-refractivity contribution in [2.24, 2.45) is 0 Å². The van der Waals surface area contributed by atoms with Gasteiger partial charge in [0, 0.05) is 38.4 Å². The minimum atomic E-state index is -0.510. The molecule has 1 aromatic rings. The molecule has 1 fully saturated rings. The SMILES string of the molecule is CCCCCCCCCCCCCCOCC(CNC(=O)c1ccccc1C1CCN(C(=O)OC(C)(C)C)CC1)OCCCCCCCCCCCCCC. The van der Waals surface area contributed by atoms with Crippen molar-refractivity contribution in [1.29, 1.82) is 0 Å². The van der Waals surface area contributed by atoms with E-state index in [0.717, 1.165) is 43.4 Å². The second-order valence-corrected chi connectivity index (χ2v) is 17.4. The van der Waals surface area contributed by atoms with Gasteiger partial charge in [0.1, 0.15) is 5.60 Å². The maximum absolute atomic E-state index is 13.6. The fourth-order valence-corrected chi connectivity index (χ4v) is 7.68. The summed E-state index contributed by atoms with van der Waals surface area (Å²) >= 11 is 0. The molecule has 1 N–H and O–H groups in total. The number of piperidine rings is 1. The van der Waals surface area contributed by atoms with E-state index in [1.54, 1.807) is 4.90 Å². The molecule has 0 bridgehead atoms. The molecule has 0 aromatic heterocycles. The largest absolute Gasteiger partial charge is 0.444 e. The zero-order valence-corrected chi connectivity index (χ0v) is 36.6. The lowest BCUT2D eigenvalue weighted by atomic mass is 9.86. The van der Waals surface area contributed by atoms with Crippen LogP contribution >= 0.6 is 0 Å². The maximum Gasteiger partial charge on any atom is 0.410 e. The van der Waals surface area contributed by atoms with E-state index in [9.17, 15) is 9.59 Å². The van der Waals surface area contributed by atoms with Crippen LogP contribution in [0, 0.1) is 0 Å². The number of likely N-dealkylation sites (tertiary alicyclic amines) is 1. The highest BCUT2D eigenvalue weighted by atomic mass is 16.6. The van der Waals surface area contributed by atoms with Crippen molar-refractivity contribution in [1.82, 2.24) is 10.2 Å². The van der Waals surface area contributed by atoms with Crippen LogP contribution in [0.1, 0.15) is 223 Å². The highest BCUT2D eigenvalue weighted by Crippen LogP contribution is 2.31. The molecule has 1 unspecified atom stereocenters. The highest BCUT2D eigenvalue weighted by Gasteiger charge is 2.29. The molecule has 1 heterocycles. The number of nitrogens with zero attached hydrogens (tertiary/aromatic N) is 1. The average molecular weight is 771 g/mol. The number of rotatable bonds is 33. The van der Waals surface area contributed by atoms with E-state index in [-0.39, 0.29) is 24.0 Å². The van der Waals surface area contributed by atoms with Crippen LogP contribution in [0.25, 0.3) is 0 Å². The van der Waals surface area contributed by atoms with Crippen molar-refractivity contribution in [3.8, 4) is 0 Å². The highest BCUT2D eigenvalue weighted by molar-refractivity contribution is 5.95. The number of carbonyl (C=O) groups is 2. The first-order valence-corrected chi connectivity index (χ1v) is 23.3. The molecule has 2 amide bonds. The molecule has 0 spiro atoms. The Labute approximate surface area is 339 Å². The second kappa shape index (κ2) is 31.9. The molecule has 0 aliphatic carbocycles. The molecule has 2 rings (SSSR count). The van der Waals surface area contributed by atoms with Crippen LogP contribution < -0.4 is 5.32 Å². The van der Waals surface area contributed by atoms with Gasteiger partial charge in [0.15, 0.2) is 0 Å². The quantitative estimate of drug-likeness (QED) is 0.0720. The van der Waals surface area contributed by atoms with Gasteiger partial charge in [-0.15, -0.1) is 0 Å². The van der Waals surface area contributed by atoms with Crippen molar-refractivity contribution < 1.29 is 23.8 Å². The van der Waals surface area contributed by atoms with Crippen LogP contribution in [0.5, 0.6) is 0 Å². The van der Waals surface area contributed by atoms with E-state index in [1.807, 2.05) is 39.0 Å². The third-order valence-electron chi connectivity index (χ3n) is 11.1. The first-order valence-electron chi connectivity index (χ1n) is 23.3. The monoisotopic (exact) mass is 771 g/mol. The first kappa shape index (κ1) is 49.0. The molecule has 318 valence electrons. The fourth-order valence-electron chi connectivity index (χ4n) is 7.68. The smallest absolute Gasteiger partial charge is 0.410 e. The van der Waals surface area contributed by atoms with Crippen LogP contribution in [0.3, 0.4) is 0 Å². The number of amides is 2. The standard InChI is InChI=1S/C48H86N2O5/c1-6-8-10-12-14-16-18-20-22-24-26-30-38-53-41-43(54-39-31-27-25-23-21-19-17-15-13-11-9-7-2)40-49-46(51)45-33-29-28-32-44(45)42-34-36-50(37-35-42)47(52)55-48(3,4)5/h28-29,32-33,42-43H,6-27,30-31,34-41H2,1-5H3,(H,49,51). The van der Waals surface area contributed by atoms with Crippen molar-refractivity contribution in [2.75, 3.05) is 39.5 Å². The number of nitrogens with one attached hydrogen (secondary N) is 1. The maximum atomic E-state index is 13.6. The normalized spacial score (nSPS) is 14.3. The van der Waals surface area contributed by atoms with Crippen LogP contribution in [0.4, 0.5) is 4.79 Å². The molecule has 1 atom stereocenters. The lowest BCUT2D eigenvalue weighted by Gasteiger charge is -2.34. The van der Waals surface area contributed by atoms with Crippen LogP contribution in [0.15, 0.2) is 24.3 Å². The van der Waals surface area contributed by atoms with Gasteiger partial charge in [0.05, 0.1) is 12.7 Å². The lowest BCUT2D eigenvalue weighted by Crippen LogP contribution is -2.41. The Hall–Kier alpha value is -2.12. The number of hydrogen-bond donors (Lipinski definition) is 1. The third-order valence-corrected chi connectivity index (χ3v) is 11.1. The Morgan fingerprint density at radius 1 is 0.673 bits per heavy atom. The predicted molar refractivity (Wildman–Crippen MR) is 231 cm³/mol. The third kappa shape index (κ3) is 25.0. The topological polar surface area (TPSA) is 77.1 Å². The second-order valence-electron chi connectivity index (χ2n) is 17.4. The molecule has 1 aliphatic rings. The summed E-state index contributed by atoms with van der Waals surface area (Å²) < 4.78 is 18.1. The Bertz CT molecular complexity index is 1080. The summed E-state index contributed by atoms with van der Waals surface area (Å²) in [7, 11) is 0. The fraction of sp³-hybridized carbons (Fsp3) is 0.833. The van der Waals surface area contributed by atoms with E-state index in [0.29, 0.717) is 32.8 Å². The van der Waals surface area contributed by atoms with Crippen LogP contribution in [0.2, 0.25) is 0 Å². The molecule has 7 heteroatoms. The number of ether oxygens (including phenoxy) is 3. The van der Waals surface area contributed by atoms with Gasteiger partial charge in [0.2, 0.25) is 0 Å². The summed E-state index contributed by atoms with van der Waals surface area (Å²) in [6, 6.07) is 7.95. The Kier molecular flexibility index (Phi) is 28.4. The van der Waals surface area contributed by atoms with Gasteiger partial charge < -0.3 is 24.4 Å². The van der Waals surface area contributed by atoms with Crippen molar-refractivity contribution in [2.45, 2.75) is 219 Å². The number of unbranched alkanes of at least 4 members (excludes halogenated alkanes) is 22. The number of benzene rings is 1. The van der Waals surface area contributed by atoms with Crippen LogP contribution in [-0.2, 0) is 14.2 Å². The van der Waals surface area contributed by atoms with Gasteiger partial charge in [-0.1, -0.05) is 173 Å². The van der Waals surface area contributed by atoms with Gasteiger partial charge in [-0.05, 0) is 64.0 Å². The molecule has 7 nitrogen and oxygen atoms in total. The zero-order chi connectivity index (χ0) is 39.8. The summed E-state index contributed by atoms with van der Waals surface area (Å²) in [6.07, 6.45) is 33.0. The predicted octanol–water partition coefficient (Wildman–Crippen LogP) is 13.3. The van der Waals surface area contributed by atoms with Gasteiger partial charge in [0.25, 0.3) is 5.91 Å². The minimum Gasteiger partial charge on any atom is -0.444 e. The van der Waals surface area contributed by atoms with Crippen molar-refractivity contribution >= 4 is 12.0 Å². The summed E-state index contributed by atoms with van der Waals surface area (Å²) in [6.45, 7) is 13.9. The van der Waals surface area contributed by atoms with Crippen LogP contribution in [-0.4, -0.2) is 68.1 Å². The molecule has 1 saturated heterocycles. The summed E-state index contributed by atoms with van der Waals surface area (Å²) in [4.78, 5) is 28.1. The summed E-state index contributed by atoms with van der Waals surface area (Å²) in [5, 5.41) is 3.20. The summed E-state index contributed by atoms with van der Waals surface area (Å²) in [5.41, 5.74) is 1.26. The molecule has 0 saturated carbocycles. The van der Waals surface area contributed by atoms with Crippen molar-refractivity contribution in [3.63, 3.8) is 0 Å². The Morgan fingerprint density at radius 2 is 1.13 bits per heavy atom. The molecule has 1 aliphatic heterocycles. The zero-order valence-electron chi connectivity index (χ0n) is 36.6. The van der Waals surface area contributed by atoms with E-state index in [2.05, 4.69) is 25.2 Å². The van der Waals surface area contributed by atoms with E-state index in [4.69, 9.17) is 14.2 Å². The lowest BCUT2D eigenvalue weighted by molar-refractivity contribution is -0.0170. The van der Waals surface area contributed by atoms with Gasteiger partial charge in [-0.25, -0.2) is 4.79 Å². The average Bonchev–Trinajstić information content (AvgIpc) is 3.17.